The second kappa shape index (κ2) is 3.72. The van der Waals surface area contributed by atoms with Crippen LogP contribution in [0.5, 0.6) is 0 Å². The fourth-order valence-corrected chi connectivity index (χ4v) is 0.758. The fourth-order valence-electron chi connectivity index (χ4n) is 0.758. The van der Waals surface area contributed by atoms with Crippen molar-refractivity contribution in [1.29, 1.82) is 0 Å². The maximum Gasteiger partial charge on any atom is 0.308 e. The predicted octanol–water partition coefficient (Wildman–Crippen LogP) is 0.975. The molecule has 11 heavy (non-hydrogen) atoms. The molecule has 0 spiro atoms. The third-order valence-electron chi connectivity index (χ3n) is 1.68. The van der Waals surface area contributed by atoms with Crippen LogP contribution in [0.25, 0.3) is 0 Å². The Kier molecular flexibility index (Phi) is 2.88. The van der Waals surface area contributed by atoms with Crippen LogP contribution in [-0.4, -0.2) is 25.3 Å². The number of hydrogen-bond acceptors (Lipinski definition) is 3. The largest absolute Gasteiger partial charge is 0.463 e. The van der Waals surface area contributed by atoms with E-state index >= 15 is 0 Å². The van der Waals surface area contributed by atoms with E-state index in [9.17, 15) is 4.79 Å². The monoisotopic (exact) mass is 158 g/mol. The third kappa shape index (κ3) is 2.50. The quantitative estimate of drug-likeness (QED) is 0.574. The van der Waals surface area contributed by atoms with Gasteiger partial charge in [-0.1, -0.05) is 13.8 Å². The van der Waals surface area contributed by atoms with Gasteiger partial charge < -0.3 is 9.47 Å². The molecule has 64 valence electrons. The molecule has 1 aliphatic heterocycles. The number of esters is 1. The van der Waals surface area contributed by atoms with Gasteiger partial charge in [-0.3, -0.25) is 4.79 Å². The first kappa shape index (κ1) is 8.53. The Morgan fingerprint density at radius 2 is 2.36 bits per heavy atom. The van der Waals surface area contributed by atoms with E-state index in [1.807, 2.05) is 13.8 Å². The molecule has 0 aromatic rings. The Hall–Kier alpha value is -0.570. The van der Waals surface area contributed by atoms with E-state index < -0.39 is 0 Å². The first-order chi connectivity index (χ1) is 5.20. The third-order valence-corrected chi connectivity index (χ3v) is 1.68. The van der Waals surface area contributed by atoms with Gasteiger partial charge in [0.05, 0.1) is 12.0 Å². The SMILES string of the molecule is CC(C)C(=O)OCC1CCO1. The summed E-state index contributed by atoms with van der Waals surface area (Å²) < 4.78 is 10.0. The highest BCUT2D eigenvalue weighted by Gasteiger charge is 2.20. The second-order valence-electron chi connectivity index (χ2n) is 3.07. The van der Waals surface area contributed by atoms with E-state index in [1.54, 1.807) is 0 Å². The Morgan fingerprint density at radius 1 is 1.73 bits per heavy atom. The average molecular weight is 158 g/mol. The molecule has 1 aliphatic rings. The minimum Gasteiger partial charge on any atom is -0.463 e. The maximum atomic E-state index is 10.9. The molecule has 1 atom stereocenters. The van der Waals surface area contributed by atoms with E-state index in [-0.39, 0.29) is 18.0 Å². The zero-order chi connectivity index (χ0) is 8.27. The van der Waals surface area contributed by atoms with Gasteiger partial charge in [0.15, 0.2) is 0 Å². The number of carbonyl (C=O) groups excluding carboxylic acids is 1. The van der Waals surface area contributed by atoms with Gasteiger partial charge >= 0.3 is 5.97 Å². The topological polar surface area (TPSA) is 35.5 Å². The lowest BCUT2D eigenvalue weighted by Gasteiger charge is -2.25. The first-order valence-corrected chi connectivity index (χ1v) is 3.98. The first-order valence-electron chi connectivity index (χ1n) is 3.98. The van der Waals surface area contributed by atoms with Gasteiger partial charge in [-0.05, 0) is 0 Å². The van der Waals surface area contributed by atoms with Gasteiger partial charge in [-0.15, -0.1) is 0 Å². The van der Waals surface area contributed by atoms with E-state index in [0.717, 1.165) is 13.0 Å². The van der Waals surface area contributed by atoms with Gasteiger partial charge in [-0.25, -0.2) is 0 Å². The molecular formula is C8H14O3. The highest BCUT2D eigenvalue weighted by molar-refractivity contribution is 5.71. The minimum absolute atomic E-state index is 0.0323. The van der Waals surface area contributed by atoms with Crippen molar-refractivity contribution < 1.29 is 14.3 Å². The molecule has 0 N–H and O–H groups in total. The average Bonchev–Trinajstić information content (AvgIpc) is 1.83. The Balaban J connectivity index is 2.06. The molecule has 0 radical (unpaired) electrons. The molecule has 0 amide bonds. The highest BCUT2D eigenvalue weighted by atomic mass is 16.6. The molecule has 0 aliphatic carbocycles. The van der Waals surface area contributed by atoms with E-state index in [0.29, 0.717) is 6.61 Å². The second-order valence-corrected chi connectivity index (χ2v) is 3.07. The van der Waals surface area contributed by atoms with Crippen LogP contribution in [0.15, 0.2) is 0 Å². The van der Waals surface area contributed by atoms with Crippen LogP contribution in [-0.2, 0) is 14.3 Å². The summed E-state index contributed by atoms with van der Waals surface area (Å²) in [6.45, 7) is 4.88. The van der Waals surface area contributed by atoms with Crippen LogP contribution < -0.4 is 0 Å². The standard InChI is InChI=1S/C8H14O3/c1-6(2)8(9)11-5-7-3-4-10-7/h6-7H,3-5H2,1-2H3. The van der Waals surface area contributed by atoms with E-state index in [2.05, 4.69) is 0 Å². The van der Waals surface area contributed by atoms with Crippen LogP contribution in [0.4, 0.5) is 0 Å². The molecule has 1 heterocycles. The molecule has 0 bridgehead atoms. The van der Waals surface area contributed by atoms with Crippen molar-refractivity contribution in [3.05, 3.63) is 0 Å². The summed E-state index contributed by atoms with van der Waals surface area (Å²) in [5, 5.41) is 0. The van der Waals surface area contributed by atoms with Crippen molar-refractivity contribution in [3.63, 3.8) is 0 Å². The van der Waals surface area contributed by atoms with Gasteiger partial charge in [0.1, 0.15) is 6.61 Å². The van der Waals surface area contributed by atoms with Gasteiger partial charge in [0, 0.05) is 13.0 Å². The molecule has 1 rings (SSSR count). The molecule has 1 saturated heterocycles. The number of rotatable bonds is 3. The van der Waals surface area contributed by atoms with Crippen LogP contribution in [0, 0.1) is 5.92 Å². The molecule has 1 unspecified atom stereocenters. The Labute approximate surface area is 66.7 Å². The van der Waals surface area contributed by atoms with Crippen LogP contribution in [0.3, 0.4) is 0 Å². The van der Waals surface area contributed by atoms with Crippen molar-refractivity contribution in [1.82, 2.24) is 0 Å². The van der Waals surface area contributed by atoms with E-state index in [1.165, 1.54) is 0 Å². The van der Waals surface area contributed by atoms with E-state index in [4.69, 9.17) is 9.47 Å². The lowest BCUT2D eigenvalue weighted by Crippen LogP contribution is -2.33. The summed E-state index contributed by atoms with van der Waals surface area (Å²) in [6, 6.07) is 0. The Morgan fingerprint density at radius 3 is 2.73 bits per heavy atom. The summed E-state index contributed by atoms with van der Waals surface area (Å²) in [5.41, 5.74) is 0. The molecule has 3 nitrogen and oxygen atoms in total. The number of hydrogen-bond donors (Lipinski definition) is 0. The lowest BCUT2D eigenvalue weighted by atomic mass is 10.2. The van der Waals surface area contributed by atoms with Crippen molar-refractivity contribution in [2.24, 2.45) is 5.92 Å². The van der Waals surface area contributed by atoms with Gasteiger partial charge in [0.2, 0.25) is 0 Å². The molecule has 3 heteroatoms. The zero-order valence-corrected chi connectivity index (χ0v) is 7.00. The summed E-state index contributed by atoms with van der Waals surface area (Å²) in [4.78, 5) is 10.9. The van der Waals surface area contributed by atoms with Crippen LogP contribution in [0.2, 0.25) is 0 Å². The normalized spacial score (nSPS) is 23.0. The fraction of sp³-hybridized carbons (Fsp3) is 0.875. The number of ether oxygens (including phenoxy) is 2. The van der Waals surface area contributed by atoms with Crippen molar-refractivity contribution in [3.8, 4) is 0 Å². The Bertz CT molecular complexity index is 138. The summed E-state index contributed by atoms with van der Waals surface area (Å²) in [7, 11) is 0. The summed E-state index contributed by atoms with van der Waals surface area (Å²) in [5.74, 6) is -0.171. The number of carbonyl (C=O) groups is 1. The maximum absolute atomic E-state index is 10.9. The van der Waals surface area contributed by atoms with Crippen molar-refractivity contribution in [2.45, 2.75) is 26.4 Å². The van der Waals surface area contributed by atoms with Crippen molar-refractivity contribution >= 4 is 5.97 Å². The van der Waals surface area contributed by atoms with Crippen LogP contribution in [0.1, 0.15) is 20.3 Å². The zero-order valence-electron chi connectivity index (χ0n) is 7.00. The molecular weight excluding hydrogens is 144 g/mol. The van der Waals surface area contributed by atoms with Gasteiger partial charge in [0.25, 0.3) is 0 Å². The van der Waals surface area contributed by atoms with Gasteiger partial charge in [-0.2, -0.15) is 0 Å². The smallest absolute Gasteiger partial charge is 0.308 e. The predicted molar refractivity (Wildman–Crippen MR) is 40.2 cm³/mol. The minimum atomic E-state index is -0.138. The summed E-state index contributed by atoms with van der Waals surface area (Å²) >= 11 is 0. The molecule has 1 fully saturated rings. The lowest BCUT2D eigenvalue weighted by molar-refractivity contribution is -0.157. The molecule has 0 aromatic heterocycles. The van der Waals surface area contributed by atoms with Crippen molar-refractivity contribution in [2.75, 3.05) is 13.2 Å². The molecule has 0 aromatic carbocycles. The molecule has 0 saturated carbocycles. The van der Waals surface area contributed by atoms with Crippen LogP contribution >= 0.6 is 0 Å². The summed E-state index contributed by atoms with van der Waals surface area (Å²) in [6.07, 6.45) is 1.18. The highest BCUT2D eigenvalue weighted by Crippen LogP contribution is 2.11.